The Balaban J connectivity index is 1.39. The number of aromatic nitrogens is 2. The lowest BCUT2D eigenvalue weighted by Crippen LogP contribution is -2.44. The fraction of sp³-hybridized carbons (Fsp3) is 0.560. The van der Waals surface area contributed by atoms with Crippen molar-refractivity contribution in [2.24, 2.45) is 11.8 Å². The van der Waals surface area contributed by atoms with E-state index in [0.29, 0.717) is 36.6 Å². The van der Waals surface area contributed by atoms with Crippen molar-refractivity contribution >= 4 is 23.2 Å². The van der Waals surface area contributed by atoms with Crippen molar-refractivity contribution in [1.29, 1.82) is 0 Å². The van der Waals surface area contributed by atoms with E-state index in [1.807, 2.05) is 24.3 Å². The van der Waals surface area contributed by atoms with Crippen LogP contribution in [0.5, 0.6) is 0 Å². The Kier molecular flexibility index (Phi) is 8.67. The Bertz CT molecular complexity index is 928. The smallest absolute Gasteiger partial charge is 0.143 e. The fourth-order valence-electron chi connectivity index (χ4n) is 4.51. The molecule has 7 nitrogen and oxygen atoms in total. The van der Waals surface area contributed by atoms with Crippen LogP contribution in [0, 0.1) is 11.8 Å². The standard InChI is InChI=1S/C25H33ClN4O3/c1-32-16-19-6-5-18(14-27-19)24(31)12-20-11-21(22(26)15-28-20)23-3-2-4-25(30-23)29-13-17-7-9-33-10-8-17/h2-4,11,15,17-19,27H,5-10,12-14,16H2,1H3,(H,29,30)/t18-,19-/m0/s1. The molecule has 0 unspecified atom stereocenters. The summed E-state index contributed by atoms with van der Waals surface area (Å²) in [7, 11) is 1.70. The van der Waals surface area contributed by atoms with Crippen LogP contribution in [0.25, 0.3) is 11.3 Å². The summed E-state index contributed by atoms with van der Waals surface area (Å²) in [6.45, 7) is 3.91. The summed E-state index contributed by atoms with van der Waals surface area (Å²) in [6.07, 6.45) is 5.89. The number of carbonyl (C=O) groups is 1. The molecular formula is C25H33ClN4O3. The molecule has 2 fully saturated rings. The molecule has 0 bridgehead atoms. The molecule has 4 rings (SSSR count). The van der Waals surface area contributed by atoms with Crippen molar-refractivity contribution in [2.75, 3.05) is 45.3 Å². The molecule has 8 heteroatoms. The minimum absolute atomic E-state index is 0.00914. The van der Waals surface area contributed by atoms with Crippen molar-refractivity contribution in [3.63, 3.8) is 0 Å². The highest BCUT2D eigenvalue weighted by Gasteiger charge is 2.26. The number of carbonyl (C=O) groups excluding carboxylic acids is 1. The van der Waals surface area contributed by atoms with E-state index >= 15 is 0 Å². The number of piperidine rings is 1. The predicted molar refractivity (Wildman–Crippen MR) is 130 cm³/mol. The highest BCUT2D eigenvalue weighted by molar-refractivity contribution is 6.33. The maximum absolute atomic E-state index is 12.9. The highest BCUT2D eigenvalue weighted by atomic mass is 35.5. The number of hydrogen-bond acceptors (Lipinski definition) is 7. The summed E-state index contributed by atoms with van der Waals surface area (Å²) in [5.41, 5.74) is 2.29. The molecule has 0 saturated carbocycles. The average Bonchev–Trinajstić information content (AvgIpc) is 2.85. The third-order valence-electron chi connectivity index (χ3n) is 6.54. The Morgan fingerprint density at radius 3 is 2.88 bits per heavy atom. The number of anilines is 1. The zero-order valence-corrected chi connectivity index (χ0v) is 19.9. The van der Waals surface area contributed by atoms with Gasteiger partial charge < -0.3 is 20.1 Å². The van der Waals surface area contributed by atoms with Gasteiger partial charge in [-0.3, -0.25) is 9.78 Å². The number of halogens is 1. The Morgan fingerprint density at radius 2 is 2.12 bits per heavy atom. The van der Waals surface area contributed by atoms with E-state index in [2.05, 4.69) is 15.6 Å². The molecular weight excluding hydrogens is 440 g/mol. The lowest BCUT2D eigenvalue weighted by Gasteiger charge is -2.28. The van der Waals surface area contributed by atoms with E-state index < -0.39 is 0 Å². The van der Waals surface area contributed by atoms with Crippen LogP contribution in [0.4, 0.5) is 5.82 Å². The maximum atomic E-state index is 12.9. The van der Waals surface area contributed by atoms with Crippen molar-refractivity contribution in [2.45, 2.75) is 38.1 Å². The number of pyridine rings is 2. The van der Waals surface area contributed by atoms with Gasteiger partial charge >= 0.3 is 0 Å². The highest BCUT2D eigenvalue weighted by Crippen LogP contribution is 2.28. The number of nitrogens with one attached hydrogen (secondary N) is 2. The normalized spacial score (nSPS) is 21.6. The molecule has 0 amide bonds. The van der Waals surface area contributed by atoms with E-state index in [4.69, 9.17) is 26.1 Å². The van der Waals surface area contributed by atoms with Crippen LogP contribution in [0.3, 0.4) is 0 Å². The van der Waals surface area contributed by atoms with Crippen LogP contribution in [0.2, 0.25) is 5.02 Å². The second-order valence-electron chi connectivity index (χ2n) is 8.98. The summed E-state index contributed by atoms with van der Waals surface area (Å²) in [4.78, 5) is 22.1. The number of Topliss-reactive ketones (excluding diaryl/α,β-unsaturated/α-hetero) is 1. The molecule has 4 heterocycles. The SMILES string of the molecule is COC[C@@H]1CC[C@H](C(=O)Cc2cc(-c3cccc(NCC4CCOCC4)n3)c(Cl)cn2)CN1. The summed E-state index contributed by atoms with van der Waals surface area (Å²) in [5, 5.41) is 7.39. The molecule has 178 valence electrons. The number of ether oxygens (including phenoxy) is 2. The van der Waals surface area contributed by atoms with Gasteiger partial charge in [-0.25, -0.2) is 4.98 Å². The molecule has 2 atom stereocenters. The summed E-state index contributed by atoms with van der Waals surface area (Å²) in [6, 6.07) is 8.11. The van der Waals surface area contributed by atoms with Crippen LogP contribution in [0.15, 0.2) is 30.5 Å². The zero-order chi connectivity index (χ0) is 23.0. The Morgan fingerprint density at radius 1 is 1.27 bits per heavy atom. The van der Waals surface area contributed by atoms with E-state index in [-0.39, 0.29) is 11.7 Å². The first kappa shape index (κ1) is 24.1. The summed E-state index contributed by atoms with van der Waals surface area (Å²) in [5.74, 6) is 1.64. The van der Waals surface area contributed by atoms with Crippen molar-refractivity contribution in [1.82, 2.24) is 15.3 Å². The van der Waals surface area contributed by atoms with Crippen molar-refractivity contribution in [3.05, 3.63) is 41.2 Å². The fourth-order valence-corrected chi connectivity index (χ4v) is 4.71. The van der Waals surface area contributed by atoms with E-state index in [9.17, 15) is 4.79 Å². The molecule has 2 aromatic heterocycles. The van der Waals surface area contributed by atoms with E-state index in [1.165, 1.54) is 0 Å². The maximum Gasteiger partial charge on any atom is 0.143 e. The molecule has 0 spiro atoms. The molecule has 0 radical (unpaired) electrons. The predicted octanol–water partition coefficient (Wildman–Crippen LogP) is 3.76. The minimum atomic E-state index is 0.00914. The van der Waals surface area contributed by atoms with E-state index in [1.54, 1.807) is 13.3 Å². The van der Waals surface area contributed by atoms with Crippen LogP contribution >= 0.6 is 11.6 Å². The largest absolute Gasteiger partial charge is 0.383 e. The third kappa shape index (κ3) is 6.73. The lowest BCUT2D eigenvalue weighted by atomic mass is 9.89. The first-order valence-electron chi connectivity index (χ1n) is 11.8. The topological polar surface area (TPSA) is 85.4 Å². The second-order valence-corrected chi connectivity index (χ2v) is 9.39. The lowest BCUT2D eigenvalue weighted by molar-refractivity contribution is -0.123. The first-order valence-corrected chi connectivity index (χ1v) is 12.2. The van der Waals surface area contributed by atoms with Gasteiger partial charge in [-0.1, -0.05) is 17.7 Å². The summed E-state index contributed by atoms with van der Waals surface area (Å²) >= 11 is 6.47. The van der Waals surface area contributed by atoms with Gasteiger partial charge in [-0.2, -0.15) is 0 Å². The van der Waals surface area contributed by atoms with Gasteiger partial charge in [0.15, 0.2) is 0 Å². The van der Waals surface area contributed by atoms with E-state index in [0.717, 1.165) is 68.2 Å². The second kappa shape index (κ2) is 11.9. The number of nitrogens with zero attached hydrogens (tertiary/aromatic N) is 2. The van der Waals surface area contributed by atoms with Crippen LogP contribution in [0.1, 0.15) is 31.4 Å². The van der Waals surface area contributed by atoms with Gasteiger partial charge in [0.05, 0.1) is 17.3 Å². The Hall–Kier alpha value is -2.06. The van der Waals surface area contributed by atoms with Gasteiger partial charge in [-0.05, 0) is 49.8 Å². The number of methoxy groups -OCH3 is 1. The summed E-state index contributed by atoms with van der Waals surface area (Å²) < 4.78 is 10.6. The molecule has 2 aromatic rings. The monoisotopic (exact) mass is 472 g/mol. The molecule has 2 aliphatic rings. The van der Waals surface area contributed by atoms with Gasteiger partial charge in [0.2, 0.25) is 0 Å². The first-order chi connectivity index (χ1) is 16.1. The molecule has 0 aliphatic carbocycles. The van der Waals surface area contributed by atoms with Gasteiger partial charge in [0, 0.05) is 69.2 Å². The van der Waals surface area contributed by atoms with Crippen LogP contribution in [-0.4, -0.2) is 61.8 Å². The molecule has 33 heavy (non-hydrogen) atoms. The van der Waals surface area contributed by atoms with Crippen LogP contribution < -0.4 is 10.6 Å². The Labute approximate surface area is 200 Å². The molecule has 2 saturated heterocycles. The number of rotatable bonds is 9. The molecule has 2 N–H and O–H groups in total. The molecule has 0 aromatic carbocycles. The number of ketones is 1. The van der Waals surface area contributed by atoms with Gasteiger partial charge in [0.1, 0.15) is 11.6 Å². The third-order valence-corrected chi connectivity index (χ3v) is 6.85. The quantitative estimate of drug-likeness (QED) is 0.574. The molecule has 2 aliphatic heterocycles. The average molecular weight is 473 g/mol. The van der Waals surface area contributed by atoms with Gasteiger partial charge in [-0.15, -0.1) is 0 Å². The minimum Gasteiger partial charge on any atom is -0.383 e. The van der Waals surface area contributed by atoms with Crippen molar-refractivity contribution in [3.8, 4) is 11.3 Å². The van der Waals surface area contributed by atoms with Crippen LogP contribution in [-0.2, 0) is 20.7 Å². The zero-order valence-electron chi connectivity index (χ0n) is 19.2. The van der Waals surface area contributed by atoms with Gasteiger partial charge in [0.25, 0.3) is 0 Å². The van der Waals surface area contributed by atoms with Crippen molar-refractivity contribution < 1.29 is 14.3 Å². The number of hydrogen-bond donors (Lipinski definition) is 2.